The molecule has 0 saturated carbocycles. The molecule has 0 radical (unpaired) electrons. The number of aromatic amines is 1. The monoisotopic (exact) mass is 274 g/mol. The van der Waals surface area contributed by atoms with Gasteiger partial charge in [0.25, 0.3) is 0 Å². The van der Waals surface area contributed by atoms with E-state index in [1.807, 2.05) is 0 Å². The molecule has 2 heterocycles. The summed E-state index contributed by atoms with van der Waals surface area (Å²) in [4.78, 5) is 3.43. The van der Waals surface area contributed by atoms with Crippen LogP contribution in [0, 0.1) is 0 Å². The molecule has 0 unspecified atom stereocenters. The Morgan fingerprint density at radius 3 is 2.57 bits per heavy atom. The highest BCUT2D eigenvalue weighted by molar-refractivity contribution is 6.03. The van der Waals surface area contributed by atoms with Crippen LogP contribution in [-0.4, -0.2) is 18.1 Å². The molecule has 1 aromatic heterocycles. The molecular formula is C19H18N2. The summed E-state index contributed by atoms with van der Waals surface area (Å²) in [6.07, 6.45) is 5.62. The first-order chi connectivity index (χ1) is 10.4. The quantitative estimate of drug-likeness (QED) is 0.719. The van der Waals surface area contributed by atoms with Gasteiger partial charge in [0.05, 0.1) is 0 Å². The molecule has 1 aliphatic heterocycles. The van der Waals surface area contributed by atoms with Crippen LogP contribution in [0.15, 0.2) is 60.8 Å². The van der Waals surface area contributed by atoms with E-state index in [0.717, 1.165) is 19.5 Å². The molecular weight excluding hydrogens is 256 g/mol. The minimum Gasteiger partial charge on any atom is -0.361 e. The number of rotatable bonds is 2. The Bertz CT molecular complexity index is 797. The molecule has 0 saturated heterocycles. The van der Waals surface area contributed by atoms with Crippen molar-refractivity contribution < 1.29 is 0 Å². The minimum absolute atomic E-state index is 0.954. The van der Waals surface area contributed by atoms with E-state index < -0.39 is 0 Å². The van der Waals surface area contributed by atoms with Crippen molar-refractivity contribution in [2.75, 3.05) is 13.1 Å². The summed E-state index contributed by atoms with van der Waals surface area (Å²) < 4.78 is 0. The lowest BCUT2D eigenvalue weighted by molar-refractivity contribution is 0.739. The van der Waals surface area contributed by atoms with Crippen LogP contribution in [0.2, 0.25) is 0 Å². The number of aromatic nitrogens is 1. The lowest BCUT2D eigenvalue weighted by Gasteiger charge is -2.15. The van der Waals surface area contributed by atoms with Crippen molar-refractivity contribution in [3.05, 3.63) is 66.4 Å². The molecule has 21 heavy (non-hydrogen) atoms. The van der Waals surface area contributed by atoms with Crippen LogP contribution in [-0.2, 0) is 0 Å². The fraction of sp³-hybridized carbons (Fsp3) is 0.158. The van der Waals surface area contributed by atoms with E-state index in [-0.39, 0.29) is 0 Å². The Morgan fingerprint density at radius 1 is 0.857 bits per heavy atom. The van der Waals surface area contributed by atoms with Crippen LogP contribution >= 0.6 is 0 Å². The van der Waals surface area contributed by atoms with Crippen molar-refractivity contribution in [1.29, 1.82) is 0 Å². The third-order valence-electron chi connectivity index (χ3n) is 4.16. The van der Waals surface area contributed by atoms with E-state index in [1.165, 1.54) is 33.2 Å². The van der Waals surface area contributed by atoms with Gasteiger partial charge in [-0.3, -0.25) is 0 Å². The summed E-state index contributed by atoms with van der Waals surface area (Å²) >= 11 is 0. The Morgan fingerprint density at radius 2 is 1.76 bits per heavy atom. The van der Waals surface area contributed by atoms with E-state index in [4.69, 9.17) is 0 Å². The maximum Gasteiger partial charge on any atom is 0.0466 e. The zero-order chi connectivity index (χ0) is 14.1. The van der Waals surface area contributed by atoms with Crippen LogP contribution in [0.5, 0.6) is 0 Å². The van der Waals surface area contributed by atoms with Crippen molar-refractivity contribution >= 4 is 16.5 Å². The summed E-state index contributed by atoms with van der Waals surface area (Å²) in [5.74, 6) is 0. The average Bonchev–Trinajstić information content (AvgIpc) is 3.00. The van der Waals surface area contributed by atoms with Crippen molar-refractivity contribution in [1.82, 2.24) is 10.3 Å². The third kappa shape index (κ3) is 2.18. The van der Waals surface area contributed by atoms with Gasteiger partial charge in [-0.05, 0) is 35.7 Å². The SMILES string of the molecule is C1=C(c2c[nH]c3cccc(-c4ccccc4)c23)CNCC1. The molecule has 0 spiro atoms. The van der Waals surface area contributed by atoms with Gasteiger partial charge >= 0.3 is 0 Å². The molecule has 0 atom stereocenters. The normalized spacial score (nSPS) is 15.1. The number of fused-ring (bicyclic) bond motifs is 1. The van der Waals surface area contributed by atoms with Gasteiger partial charge in [-0.1, -0.05) is 48.5 Å². The predicted octanol–water partition coefficient (Wildman–Crippen LogP) is 4.21. The lowest BCUT2D eigenvalue weighted by Crippen LogP contribution is -2.21. The molecule has 0 aliphatic carbocycles. The molecule has 4 rings (SSSR count). The van der Waals surface area contributed by atoms with E-state index in [9.17, 15) is 0 Å². The molecule has 2 aromatic carbocycles. The standard InChI is InChI=1S/C19H18N2/c1-2-6-14(7-3-1)16-9-4-10-18-19(16)17(13-21-18)15-8-5-11-20-12-15/h1-4,6-10,13,20-21H,5,11-12H2. The molecule has 104 valence electrons. The predicted molar refractivity (Wildman–Crippen MR) is 89.2 cm³/mol. The highest BCUT2D eigenvalue weighted by Gasteiger charge is 2.14. The fourth-order valence-electron chi connectivity index (χ4n) is 3.15. The number of benzene rings is 2. The molecule has 2 nitrogen and oxygen atoms in total. The highest BCUT2D eigenvalue weighted by atomic mass is 14.9. The van der Waals surface area contributed by atoms with E-state index in [2.05, 4.69) is 71.1 Å². The zero-order valence-corrected chi connectivity index (χ0v) is 11.9. The van der Waals surface area contributed by atoms with Gasteiger partial charge in [0.15, 0.2) is 0 Å². The van der Waals surface area contributed by atoms with Gasteiger partial charge in [-0.25, -0.2) is 0 Å². The van der Waals surface area contributed by atoms with E-state index in [0.29, 0.717) is 0 Å². The largest absolute Gasteiger partial charge is 0.361 e. The van der Waals surface area contributed by atoms with Gasteiger partial charge in [0.2, 0.25) is 0 Å². The summed E-state index contributed by atoms with van der Waals surface area (Å²) in [5, 5.41) is 4.80. The van der Waals surface area contributed by atoms with Crippen molar-refractivity contribution in [2.45, 2.75) is 6.42 Å². The number of nitrogens with one attached hydrogen (secondary N) is 2. The Kier molecular flexibility index (Phi) is 3.09. The third-order valence-corrected chi connectivity index (χ3v) is 4.16. The first kappa shape index (κ1) is 12.4. The second-order valence-electron chi connectivity index (χ2n) is 5.49. The van der Waals surface area contributed by atoms with Crippen LogP contribution < -0.4 is 5.32 Å². The van der Waals surface area contributed by atoms with Crippen LogP contribution in [0.4, 0.5) is 0 Å². The topological polar surface area (TPSA) is 27.8 Å². The molecule has 1 aliphatic rings. The Hall–Kier alpha value is -2.32. The summed E-state index contributed by atoms with van der Waals surface area (Å²) in [7, 11) is 0. The first-order valence-corrected chi connectivity index (χ1v) is 7.49. The Balaban J connectivity index is 1.96. The van der Waals surface area contributed by atoms with Gasteiger partial charge in [0.1, 0.15) is 0 Å². The molecule has 2 heteroatoms. The minimum atomic E-state index is 0.954. The first-order valence-electron chi connectivity index (χ1n) is 7.49. The average molecular weight is 274 g/mol. The van der Waals surface area contributed by atoms with Gasteiger partial charge in [0, 0.05) is 29.2 Å². The second kappa shape index (κ2) is 5.23. The van der Waals surface area contributed by atoms with Crippen molar-refractivity contribution in [2.24, 2.45) is 0 Å². The van der Waals surface area contributed by atoms with E-state index >= 15 is 0 Å². The zero-order valence-electron chi connectivity index (χ0n) is 11.9. The van der Waals surface area contributed by atoms with Crippen molar-refractivity contribution in [3.63, 3.8) is 0 Å². The lowest BCUT2D eigenvalue weighted by atomic mass is 9.95. The van der Waals surface area contributed by atoms with Gasteiger partial charge < -0.3 is 10.3 Å². The second-order valence-corrected chi connectivity index (χ2v) is 5.49. The highest BCUT2D eigenvalue weighted by Crippen LogP contribution is 2.34. The summed E-state index contributed by atoms with van der Waals surface area (Å²) in [6.45, 7) is 2.04. The van der Waals surface area contributed by atoms with Crippen LogP contribution in [0.1, 0.15) is 12.0 Å². The maximum atomic E-state index is 3.46. The molecule has 2 N–H and O–H groups in total. The summed E-state index contributed by atoms with van der Waals surface area (Å²) in [6, 6.07) is 17.1. The molecule has 0 fully saturated rings. The smallest absolute Gasteiger partial charge is 0.0466 e. The van der Waals surface area contributed by atoms with Crippen molar-refractivity contribution in [3.8, 4) is 11.1 Å². The Labute approximate surface area is 124 Å². The van der Waals surface area contributed by atoms with Gasteiger partial charge in [-0.15, -0.1) is 0 Å². The fourth-order valence-corrected chi connectivity index (χ4v) is 3.15. The number of H-pyrrole nitrogens is 1. The van der Waals surface area contributed by atoms with Gasteiger partial charge in [-0.2, -0.15) is 0 Å². The maximum absolute atomic E-state index is 3.46. The van der Waals surface area contributed by atoms with Crippen LogP contribution in [0.3, 0.4) is 0 Å². The summed E-state index contributed by atoms with van der Waals surface area (Å²) in [5.41, 5.74) is 6.51. The van der Waals surface area contributed by atoms with Crippen LogP contribution in [0.25, 0.3) is 27.6 Å². The molecule has 0 amide bonds. The number of hydrogen-bond donors (Lipinski definition) is 2. The number of hydrogen-bond acceptors (Lipinski definition) is 1. The molecule has 0 bridgehead atoms. The molecule has 3 aromatic rings. The van der Waals surface area contributed by atoms with E-state index in [1.54, 1.807) is 0 Å².